The second kappa shape index (κ2) is 14.8. The Bertz CT molecular complexity index is 1620. The standard InChI is InChI=1S/C21H23F2NO2.C17H21NO4/c1-5-25-18-11-13(21(2,3)4)9-10-14(18)17-12-26-20(24-17)19-15(22)7-6-8-16(19)23;1-18-12-8-9-13(18)15(17(20)21-2)14(10-12)22-16(19)11-6-4-3-5-7-11/h6-11,17H,5,12H2,1-4H3;3-7,12-15H,8-10H2,1-2H3/t;12-,13+,14-,15+/m.0/s1. The van der Waals surface area contributed by atoms with Crippen molar-refractivity contribution >= 4 is 17.8 Å². The Morgan fingerprint density at radius 2 is 1.71 bits per heavy atom. The van der Waals surface area contributed by atoms with Crippen LogP contribution >= 0.6 is 0 Å². The largest absolute Gasteiger partial charge is 0.494 e. The van der Waals surface area contributed by atoms with E-state index in [9.17, 15) is 18.4 Å². The Balaban J connectivity index is 0.000000190. The van der Waals surface area contributed by atoms with Gasteiger partial charge in [0.15, 0.2) is 0 Å². The Morgan fingerprint density at radius 1 is 1.00 bits per heavy atom. The van der Waals surface area contributed by atoms with Gasteiger partial charge in [-0.1, -0.05) is 57.2 Å². The van der Waals surface area contributed by atoms with Crippen molar-refractivity contribution in [2.45, 2.75) is 76.6 Å². The average molecular weight is 663 g/mol. The third kappa shape index (κ3) is 7.54. The minimum absolute atomic E-state index is 0.00653. The molecule has 10 heteroatoms. The Labute approximate surface area is 281 Å². The van der Waals surface area contributed by atoms with E-state index in [0.29, 0.717) is 24.6 Å². The lowest BCUT2D eigenvalue weighted by Gasteiger charge is -2.40. The first-order valence-corrected chi connectivity index (χ1v) is 16.4. The quantitative estimate of drug-likeness (QED) is 0.251. The first-order chi connectivity index (χ1) is 22.9. The molecule has 5 atom stereocenters. The van der Waals surface area contributed by atoms with Crippen molar-refractivity contribution in [1.82, 2.24) is 4.90 Å². The summed E-state index contributed by atoms with van der Waals surface area (Å²) >= 11 is 0. The van der Waals surface area contributed by atoms with Crippen molar-refractivity contribution in [2.75, 3.05) is 27.4 Å². The molecule has 8 nitrogen and oxygen atoms in total. The van der Waals surface area contributed by atoms with Gasteiger partial charge in [0.2, 0.25) is 5.90 Å². The highest BCUT2D eigenvalue weighted by molar-refractivity contribution is 5.95. The molecular formula is C38H44F2N2O6. The summed E-state index contributed by atoms with van der Waals surface area (Å²) in [7, 11) is 3.42. The lowest BCUT2D eigenvalue weighted by atomic mass is 9.86. The van der Waals surface area contributed by atoms with Gasteiger partial charge >= 0.3 is 11.9 Å². The van der Waals surface area contributed by atoms with Crippen LogP contribution in [0.3, 0.4) is 0 Å². The zero-order valence-corrected chi connectivity index (χ0v) is 28.4. The minimum Gasteiger partial charge on any atom is -0.494 e. The molecule has 48 heavy (non-hydrogen) atoms. The van der Waals surface area contributed by atoms with Crippen LogP contribution in [0.2, 0.25) is 0 Å². The number of piperidine rings is 1. The number of esters is 2. The monoisotopic (exact) mass is 662 g/mol. The molecule has 3 aromatic carbocycles. The van der Waals surface area contributed by atoms with Gasteiger partial charge in [0.25, 0.3) is 0 Å². The summed E-state index contributed by atoms with van der Waals surface area (Å²) < 4.78 is 49.9. The van der Waals surface area contributed by atoms with E-state index in [2.05, 4.69) is 30.7 Å². The maximum Gasteiger partial charge on any atom is 0.338 e. The van der Waals surface area contributed by atoms with Gasteiger partial charge < -0.3 is 18.9 Å². The molecule has 0 saturated carbocycles. The van der Waals surface area contributed by atoms with E-state index < -0.39 is 23.7 Å². The molecule has 6 rings (SSSR count). The van der Waals surface area contributed by atoms with Crippen molar-refractivity contribution in [3.8, 4) is 5.75 Å². The van der Waals surface area contributed by atoms with E-state index in [0.717, 1.165) is 29.7 Å². The average Bonchev–Trinajstić information content (AvgIpc) is 3.62. The summed E-state index contributed by atoms with van der Waals surface area (Å²) in [5, 5.41) is 0. The summed E-state index contributed by atoms with van der Waals surface area (Å²) in [5.74, 6) is -1.71. The van der Waals surface area contributed by atoms with Crippen molar-refractivity contribution in [3.05, 3.63) is 101 Å². The predicted molar refractivity (Wildman–Crippen MR) is 178 cm³/mol. The molecule has 3 heterocycles. The van der Waals surface area contributed by atoms with Crippen LogP contribution in [0.15, 0.2) is 71.7 Å². The van der Waals surface area contributed by atoms with Crippen molar-refractivity contribution in [1.29, 1.82) is 0 Å². The van der Waals surface area contributed by atoms with Gasteiger partial charge in [-0.3, -0.25) is 9.69 Å². The second-order valence-corrected chi connectivity index (χ2v) is 13.4. The Morgan fingerprint density at radius 3 is 2.35 bits per heavy atom. The molecule has 3 aromatic rings. The predicted octanol–water partition coefficient (Wildman–Crippen LogP) is 7.05. The number of hydrogen-bond acceptors (Lipinski definition) is 8. The molecule has 3 aliphatic heterocycles. The SMILES string of the molecule is CCOc1cc(C(C)(C)C)ccc1C1COC(c2c(F)cccc2F)=N1.COC(=O)[C@H]1[C@@H](OC(=O)c2ccccc2)C[C@@H]2CC[C@H]1N2C. The van der Waals surface area contributed by atoms with E-state index in [-0.39, 0.29) is 47.5 Å². The molecule has 2 saturated heterocycles. The smallest absolute Gasteiger partial charge is 0.338 e. The van der Waals surface area contributed by atoms with Crippen LogP contribution in [0.1, 0.15) is 80.0 Å². The highest BCUT2D eigenvalue weighted by Crippen LogP contribution is 2.40. The second-order valence-electron chi connectivity index (χ2n) is 13.4. The number of carbonyl (C=O) groups excluding carboxylic acids is 2. The topological polar surface area (TPSA) is 86.7 Å². The van der Waals surface area contributed by atoms with Gasteiger partial charge in [-0.2, -0.15) is 0 Å². The maximum absolute atomic E-state index is 14.0. The molecule has 3 aliphatic rings. The number of rotatable bonds is 7. The van der Waals surface area contributed by atoms with E-state index >= 15 is 0 Å². The number of carbonyl (C=O) groups is 2. The fourth-order valence-electron chi connectivity index (χ4n) is 6.70. The number of halogens is 2. The van der Waals surface area contributed by atoms with Gasteiger partial charge in [-0.25, -0.2) is 18.6 Å². The number of benzene rings is 3. The van der Waals surface area contributed by atoms with Gasteiger partial charge in [0.1, 0.15) is 47.6 Å². The fraction of sp³-hybridized carbons (Fsp3) is 0.447. The molecule has 0 amide bonds. The van der Waals surface area contributed by atoms with Gasteiger partial charge in [-0.15, -0.1) is 0 Å². The first kappa shape index (κ1) is 35.0. The molecule has 2 fully saturated rings. The third-order valence-electron chi connectivity index (χ3n) is 9.32. The molecule has 0 radical (unpaired) electrons. The molecule has 0 aromatic heterocycles. The van der Waals surface area contributed by atoms with Gasteiger partial charge in [-0.05, 0) is 68.1 Å². The van der Waals surface area contributed by atoms with Crippen LogP contribution < -0.4 is 4.74 Å². The van der Waals surface area contributed by atoms with Crippen LogP contribution in [-0.4, -0.2) is 68.3 Å². The Kier molecular flexibility index (Phi) is 10.8. The number of ether oxygens (including phenoxy) is 4. The number of fused-ring (bicyclic) bond motifs is 2. The summed E-state index contributed by atoms with van der Waals surface area (Å²) in [6.45, 7) is 9.06. The number of methoxy groups -OCH3 is 1. The summed E-state index contributed by atoms with van der Waals surface area (Å²) in [4.78, 5) is 31.1. The molecular weight excluding hydrogens is 618 g/mol. The lowest BCUT2D eigenvalue weighted by Crippen LogP contribution is -2.53. The normalized spacial score (nSPS) is 23.3. The number of nitrogens with zero attached hydrogens (tertiary/aromatic N) is 2. The minimum atomic E-state index is -0.683. The Hall–Kier alpha value is -4.31. The summed E-state index contributed by atoms with van der Waals surface area (Å²) in [5.41, 5.74) is 2.28. The molecule has 0 aliphatic carbocycles. The van der Waals surface area contributed by atoms with E-state index in [4.69, 9.17) is 18.9 Å². The van der Waals surface area contributed by atoms with E-state index in [1.807, 2.05) is 38.2 Å². The molecule has 256 valence electrons. The molecule has 1 unspecified atom stereocenters. The van der Waals surface area contributed by atoms with Crippen LogP contribution in [0.4, 0.5) is 8.78 Å². The van der Waals surface area contributed by atoms with E-state index in [1.54, 1.807) is 24.3 Å². The highest BCUT2D eigenvalue weighted by Gasteiger charge is 2.51. The summed E-state index contributed by atoms with van der Waals surface area (Å²) in [6, 6.07) is 18.7. The molecule has 0 N–H and O–H groups in total. The molecule has 2 bridgehead atoms. The zero-order chi connectivity index (χ0) is 34.6. The zero-order valence-electron chi connectivity index (χ0n) is 28.4. The summed E-state index contributed by atoms with van der Waals surface area (Å²) in [6.07, 6.45) is 2.26. The van der Waals surface area contributed by atoms with Gasteiger partial charge in [0, 0.05) is 24.1 Å². The van der Waals surface area contributed by atoms with Crippen LogP contribution in [0, 0.1) is 17.6 Å². The van der Waals surface area contributed by atoms with Crippen molar-refractivity contribution in [2.24, 2.45) is 10.9 Å². The van der Waals surface area contributed by atoms with Gasteiger partial charge in [0.05, 0.1) is 19.3 Å². The molecule has 0 spiro atoms. The third-order valence-corrected chi connectivity index (χ3v) is 9.32. The van der Waals surface area contributed by atoms with Crippen LogP contribution in [-0.2, 0) is 24.4 Å². The maximum atomic E-state index is 14.0. The first-order valence-electron chi connectivity index (χ1n) is 16.4. The van der Waals surface area contributed by atoms with Crippen molar-refractivity contribution in [3.63, 3.8) is 0 Å². The fourth-order valence-corrected chi connectivity index (χ4v) is 6.70. The van der Waals surface area contributed by atoms with Crippen LogP contribution in [0.25, 0.3) is 0 Å². The lowest BCUT2D eigenvalue weighted by molar-refractivity contribution is -0.156. The number of hydrogen-bond donors (Lipinski definition) is 0. The van der Waals surface area contributed by atoms with Crippen LogP contribution in [0.5, 0.6) is 5.75 Å². The van der Waals surface area contributed by atoms with E-state index in [1.165, 1.54) is 25.3 Å². The number of aliphatic imine (C=N–C) groups is 1. The van der Waals surface area contributed by atoms with Crippen molar-refractivity contribution < 1.29 is 37.3 Å². The highest BCUT2D eigenvalue weighted by atomic mass is 19.1.